The fourth-order valence-electron chi connectivity index (χ4n) is 3.49. The van der Waals surface area contributed by atoms with Gasteiger partial charge in [0.25, 0.3) is 0 Å². The quantitative estimate of drug-likeness (QED) is 0.938. The van der Waals surface area contributed by atoms with E-state index in [-0.39, 0.29) is 11.3 Å². The maximum atomic E-state index is 11.0. The maximum Gasteiger partial charge on any atom is 0.217 e. The second kappa shape index (κ2) is 6.63. The Hall–Kier alpha value is -2.36. The molecule has 0 spiro atoms. The van der Waals surface area contributed by atoms with E-state index in [1.54, 1.807) is 0 Å². The Bertz CT molecular complexity index is 695. The second-order valence-electron chi connectivity index (χ2n) is 7.27. The van der Waals surface area contributed by atoms with Crippen molar-refractivity contribution in [1.29, 1.82) is 0 Å². The molecule has 0 aliphatic carbocycles. The third-order valence-electron chi connectivity index (χ3n) is 4.82. The molecule has 4 nitrogen and oxygen atoms in total. The van der Waals surface area contributed by atoms with Gasteiger partial charge in [0, 0.05) is 38.7 Å². The van der Waals surface area contributed by atoms with E-state index in [0.717, 1.165) is 24.5 Å². The Morgan fingerprint density at radius 1 is 1.25 bits per heavy atom. The molecule has 0 saturated carbocycles. The van der Waals surface area contributed by atoms with Crippen molar-refractivity contribution in [3.05, 3.63) is 59.8 Å². The van der Waals surface area contributed by atoms with Gasteiger partial charge in [-0.2, -0.15) is 0 Å². The van der Waals surface area contributed by atoms with Crippen LogP contribution in [0, 0.1) is 5.41 Å². The minimum Gasteiger partial charge on any atom is -0.355 e. The molecule has 1 aliphatic rings. The van der Waals surface area contributed by atoms with E-state index >= 15 is 0 Å². The standard InChI is InChI=1S/C20H25N3O/c1-15(24)21-11-16-9-10-19(22-12-16)23-13-18(20(2,3)14-23)17-7-5-4-6-8-17/h4-10,12,18H,11,13-14H2,1-3H3,(H,21,24). The Labute approximate surface area is 143 Å². The van der Waals surface area contributed by atoms with Crippen molar-refractivity contribution >= 4 is 11.7 Å². The average Bonchev–Trinajstić information content (AvgIpc) is 2.89. The third kappa shape index (κ3) is 3.58. The number of hydrogen-bond donors (Lipinski definition) is 1. The Morgan fingerprint density at radius 2 is 2.00 bits per heavy atom. The Morgan fingerprint density at radius 3 is 2.62 bits per heavy atom. The van der Waals surface area contributed by atoms with E-state index in [1.807, 2.05) is 12.3 Å². The molecule has 2 heterocycles. The monoisotopic (exact) mass is 323 g/mol. The number of benzene rings is 1. The van der Waals surface area contributed by atoms with Gasteiger partial charge in [0.2, 0.25) is 5.91 Å². The maximum absolute atomic E-state index is 11.0. The molecule has 1 aromatic carbocycles. The largest absolute Gasteiger partial charge is 0.355 e. The number of hydrogen-bond acceptors (Lipinski definition) is 3. The molecule has 0 radical (unpaired) electrons. The number of carbonyl (C=O) groups excluding carboxylic acids is 1. The van der Waals surface area contributed by atoms with Gasteiger partial charge in [-0.1, -0.05) is 50.2 Å². The molecule has 1 saturated heterocycles. The van der Waals surface area contributed by atoms with Gasteiger partial charge in [-0.05, 0) is 22.6 Å². The number of aromatic nitrogens is 1. The van der Waals surface area contributed by atoms with Crippen molar-refractivity contribution in [3.63, 3.8) is 0 Å². The van der Waals surface area contributed by atoms with Gasteiger partial charge >= 0.3 is 0 Å². The van der Waals surface area contributed by atoms with E-state index in [9.17, 15) is 4.79 Å². The minimum absolute atomic E-state index is 0.0222. The molecule has 4 heteroatoms. The number of anilines is 1. The molecule has 0 bridgehead atoms. The van der Waals surface area contributed by atoms with Crippen molar-refractivity contribution in [2.45, 2.75) is 33.2 Å². The zero-order chi connectivity index (χ0) is 17.2. The average molecular weight is 323 g/mol. The predicted molar refractivity (Wildman–Crippen MR) is 96.9 cm³/mol. The van der Waals surface area contributed by atoms with Crippen LogP contribution in [-0.4, -0.2) is 24.0 Å². The molecule has 24 heavy (non-hydrogen) atoms. The number of amides is 1. The summed E-state index contributed by atoms with van der Waals surface area (Å²) in [5.41, 5.74) is 2.62. The van der Waals surface area contributed by atoms with Gasteiger partial charge in [0.05, 0.1) is 0 Å². The topological polar surface area (TPSA) is 45.2 Å². The minimum atomic E-state index is -0.0222. The van der Waals surface area contributed by atoms with Crippen LogP contribution in [0.4, 0.5) is 5.82 Å². The number of pyridine rings is 1. The lowest BCUT2D eigenvalue weighted by molar-refractivity contribution is -0.119. The van der Waals surface area contributed by atoms with Crippen LogP contribution in [0.15, 0.2) is 48.7 Å². The lowest BCUT2D eigenvalue weighted by Crippen LogP contribution is -2.24. The van der Waals surface area contributed by atoms with Crippen molar-refractivity contribution < 1.29 is 4.79 Å². The summed E-state index contributed by atoms with van der Waals surface area (Å²) < 4.78 is 0. The summed E-state index contributed by atoms with van der Waals surface area (Å²) in [5, 5.41) is 2.80. The van der Waals surface area contributed by atoms with Crippen molar-refractivity contribution in [2.24, 2.45) is 5.41 Å². The summed E-state index contributed by atoms with van der Waals surface area (Å²) in [5.74, 6) is 1.48. The molecule has 1 aliphatic heterocycles. The van der Waals surface area contributed by atoms with E-state index in [0.29, 0.717) is 12.5 Å². The normalized spacial score (nSPS) is 19.3. The van der Waals surface area contributed by atoms with Crippen LogP contribution in [0.25, 0.3) is 0 Å². The van der Waals surface area contributed by atoms with Crippen molar-refractivity contribution in [3.8, 4) is 0 Å². The molecule has 1 aromatic heterocycles. The van der Waals surface area contributed by atoms with Gasteiger partial charge in [-0.15, -0.1) is 0 Å². The summed E-state index contributed by atoms with van der Waals surface area (Å²) in [6.07, 6.45) is 1.86. The summed E-state index contributed by atoms with van der Waals surface area (Å²) in [4.78, 5) is 18.0. The molecule has 1 amide bonds. The lowest BCUT2D eigenvalue weighted by Gasteiger charge is -2.25. The van der Waals surface area contributed by atoms with Crippen LogP contribution >= 0.6 is 0 Å². The highest BCUT2D eigenvalue weighted by molar-refractivity contribution is 5.72. The fraction of sp³-hybridized carbons (Fsp3) is 0.400. The van der Waals surface area contributed by atoms with Crippen LogP contribution in [0.3, 0.4) is 0 Å². The van der Waals surface area contributed by atoms with Crippen LogP contribution in [-0.2, 0) is 11.3 Å². The van der Waals surface area contributed by atoms with Crippen molar-refractivity contribution in [1.82, 2.24) is 10.3 Å². The first kappa shape index (κ1) is 16.5. The predicted octanol–water partition coefficient (Wildman–Crippen LogP) is 3.35. The smallest absolute Gasteiger partial charge is 0.217 e. The first-order chi connectivity index (χ1) is 11.5. The fourth-order valence-corrected chi connectivity index (χ4v) is 3.49. The molecule has 1 fully saturated rings. The Balaban J connectivity index is 1.73. The highest BCUT2D eigenvalue weighted by Gasteiger charge is 2.40. The second-order valence-corrected chi connectivity index (χ2v) is 7.27. The molecule has 2 aromatic rings. The third-order valence-corrected chi connectivity index (χ3v) is 4.82. The zero-order valence-corrected chi connectivity index (χ0v) is 14.6. The first-order valence-electron chi connectivity index (χ1n) is 8.45. The molecule has 1 atom stereocenters. The highest BCUT2D eigenvalue weighted by Crippen LogP contribution is 2.43. The molecule has 1 N–H and O–H groups in total. The molecule has 1 unspecified atom stereocenters. The van der Waals surface area contributed by atoms with Crippen LogP contribution in [0.1, 0.15) is 37.8 Å². The van der Waals surface area contributed by atoms with Crippen LogP contribution < -0.4 is 10.2 Å². The van der Waals surface area contributed by atoms with E-state index < -0.39 is 0 Å². The molecular weight excluding hydrogens is 298 g/mol. The van der Waals surface area contributed by atoms with Crippen LogP contribution in [0.5, 0.6) is 0 Å². The number of nitrogens with one attached hydrogen (secondary N) is 1. The van der Waals surface area contributed by atoms with Gasteiger partial charge in [-0.25, -0.2) is 4.98 Å². The van der Waals surface area contributed by atoms with E-state index in [4.69, 9.17) is 0 Å². The van der Waals surface area contributed by atoms with Crippen LogP contribution in [0.2, 0.25) is 0 Å². The van der Waals surface area contributed by atoms with E-state index in [1.165, 1.54) is 12.5 Å². The summed E-state index contributed by atoms with van der Waals surface area (Å²) in [6.45, 7) is 8.68. The van der Waals surface area contributed by atoms with E-state index in [2.05, 4.69) is 65.4 Å². The van der Waals surface area contributed by atoms with Gasteiger partial charge < -0.3 is 10.2 Å². The molecule has 3 rings (SSSR count). The number of carbonyl (C=O) groups is 1. The zero-order valence-electron chi connectivity index (χ0n) is 14.6. The summed E-state index contributed by atoms with van der Waals surface area (Å²) in [7, 11) is 0. The number of nitrogens with zero attached hydrogens (tertiary/aromatic N) is 2. The Kier molecular flexibility index (Phi) is 4.56. The van der Waals surface area contributed by atoms with Gasteiger partial charge in [0.1, 0.15) is 5.82 Å². The highest BCUT2D eigenvalue weighted by atomic mass is 16.1. The van der Waals surface area contributed by atoms with Gasteiger partial charge in [-0.3, -0.25) is 4.79 Å². The van der Waals surface area contributed by atoms with Crippen molar-refractivity contribution in [2.75, 3.05) is 18.0 Å². The first-order valence-corrected chi connectivity index (χ1v) is 8.45. The molecule has 126 valence electrons. The lowest BCUT2D eigenvalue weighted by atomic mass is 9.78. The number of rotatable bonds is 4. The SMILES string of the molecule is CC(=O)NCc1ccc(N2CC(c3ccccc3)C(C)(C)C2)nc1. The van der Waals surface area contributed by atoms with Gasteiger partial charge in [0.15, 0.2) is 0 Å². The molecular formula is C20H25N3O. The summed E-state index contributed by atoms with van der Waals surface area (Å²) in [6, 6.07) is 14.8. The summed E-state index contributed by atoms with van der Waals surface area (Å²) >= 11 is 0.